The number of phenolic OH excluding ortho intramolecular Hbond substituents is 1. The molecule has 3 nitrogen and oxygen atoms in total. The Morgan fingerprint density at radius 3 is 2.05 bits per heavy atom. The smallest absolute Gasteiger partial charge is 0.115 e. The molecule has 2 rings (SSSR count). The van der Waals surface area contributed by atoms with Crippen LogP contribution in [-0.2, 0) is 0 Å². The van der Waals surface area contributed by atoms with E-state index in [1.807, 2.05) is 40.1 Å². The van der Waals surface area contributed by atoms with E-state index in [9.17, 15) is 10.2 Å². The highest BCUT2D eigenvalue weighted by Gasteiger charge is 2.38. The van der Waals surface area contributed by atoms with Gasteiger partial charge < -0.3 is 15.1 Å². The van der Waals surface area contributed by atoms with Crippen molar-refractivity contribution in [3.63, 3.8) is 0 Å². The molecule has 0 saturated heterocycles. The van der Waals surface area contributed by atoms with Crippen molar-refractivity contribution in [2.24, 2.45) is 0 Å². The number of rotatable bonds is 4. The molecule has 1 fully saturated rings. The average Bonchev–Trinajstić information content (AvgIpc) is 2.48. The molecule has 1 saturated carbocycles. The molecule has 1 atom stereocenters. The second-order valence-corrected chi connectivity index (χ2v) is 6.07. The third-order valence-electron chi connectivity index (χ3n) is 4.21. The van der Waals surface area contributed by atoms with Gasteiger partial charge in [-0.25, -0.2) is 0 Å². The van der Waals surface area contributed by atoms with E-state index in [0.717, 1.165) is 37.8 Å². The number of hydrogen-bond acceptors (Lipinski definition) is 3. The monoisotopic (exact) mass is 293 g/mol. The van der Waals surface area contributed by atoms with Crippen molar-refractivity contribution in [2.75, 3.05) is 20.6 Å². The van der Waals surface area contributed by atoms with E-state index in [1.54, 1.807) is 12.1 Å². The number of benzene rings is 1. The summed E-state index contributed by atoms with van der Waals surface area (Å²) < 4.78 is 0. The Hall–Kier alpha value is -1.06. The minimum atomic E-state index is -0.598. The van der Waals surface area contributed by atoms with Gasteiger partial charge in [0.2, 0.25) is 0 Å². The van der Waals surface area contributed by atoms with Crippen LogP contribution < -0.4 is 0 Å². The summed E-state index contributed by atoms with van der Waals surface area (Å²) in [5.41, 5.74) is 0.523. The van der Waals surface area contributed by atoms with Crippen molar-refractivity contribution in [1.29, 1.82) is 0 Å². The van der Waals surface area contributed by atoms with Crippen LogP contribution in [0, 0.1) is 0 Å². The van der Waals surface area contributed by atoms with E-state index >= 15 is 0 Å². The number of phenols is 1. The molecule has 0 heterocycles. The Morgan fingerprint density at radius 1 is 1.05 bits per heavy atom. The molecule has 0 amide bonds. The van der Waals surface area contributed by atoms with Gasteiger partial charge >= 0.3 is 0 Å². The van der Waals surface area contributed by atoms with Crippen LogP contribution in [0.15, 0.2) is 24.3 Å². The second kappa shape index (κ2) is 8.40. The van der Waals surface area contributed by atoms with Crippen LogP contribution in [0.1, 0.15) is 57.4 Å². The maximum absolute atomic E-state index is 11.0. The van der Waals surface area contributed by atoms with Gasteiger partial charge in [0, 0.05) is 12.5 Å². The molecule has 1 aromatic carbocycles. The van der Waals surface area contributed by atoms with Crippen molar-refractivity contribution in [3.8, 4) is 5.75 Å². The van der Waals surface area contributed by atoms with Gasteiger partial charge in [0.05, 0.1) is 5.60 Å². The summed E-state index contributed by atoms with van der Waals surface area (Å²) in [5, 5.41) is 20.4. The lowest BCUT2D eigenvalue weighted by Crippen LogP contribution is -2.42. The molecule has 0 aromatic heterocycles. The first kappa shape index (κ1) is 18.0. The van der Waals surface area contributed by atoms with E-state index in [0.29, 0.717) is 0 Å². The first-order valence-corrected chi connectivity index (χ1v) is 8.17. The molecule has 0 aliphatic heterocycles. The van der Waals surface area contributed by atoms with Gasteiger partial charge in [-0.2, -0.15) is 0 Å². The minimum Gasteiger partial charge on any atom is -0.508 e. The summed E-state index contributed by atoms with van der Waals surface area (Å²) in [7, 11) is 4.08. The fraction of sp³-hybridized carbons (Fsp3) is 0.667. The van der Waals surface area contributed by atoms with E-state index in [4.69, 9.17) is 0 Å². The Labute approximate surface area is 129 Å². The molecule has 1 aromatic rings. The van der Waals surface area contributed by atoms with Gasteiger partial charge in [0.25, 0.3) is 0 Å². The quantitative estimate of drug-likeness (QED) is 0.888. The highest BCUT2D eigenvalue weighted by atomic mass is 16.3. The van der Waals surface area contributed by atoms with E-state index in [2.05, 4.69) is 4.90 Å². The number of hydrogen-bond donors (Lipinski definition) is 2. The SMILES string of the molecule is CC.CN(C)CC(c1ccc(O)cc1)C1(O)CCCCC1. The van der Waals surface area contributed by atoms with Gasteiger partial charge in [-0.1, -0.05) is 45.2 Å². The summed E-state index contributed by atoms with van der Waals surface area (Å²) >= 11 is 0. The fourth-order valence-electron chi connectivity index (χ4n) is 3.17. The largest absolute Gasteiger partial charge is 0.508 e. The van der Waals surface area contributed by atoms with Crippen molar-refractivity contribution in [3.05, 3.63) is 29.8 Å². The van der Waals surface area contributed by atoms with Crippen LogP contribution in [0.2, 0.25) is 0 Å². The first-order valence-electron chi connectivity index (χ1n) is 8.17. The van der Waals surface area contributed by atoms with Gasteiger partial charge in [-0.05, 0) is 44.6 Å². The van der Waals surface area contributed by atoms with Crippen LogP contribution in [0.5, 0.6) is 5.75 Å². The number of aromatic hydroxyl groups is 1. The molecule has 0 radical (unpaired) electrons. The van der Waals surface area contributed by atoms with Gasteiger partial charge in [-0.15, -0.1) is 0 Å². The molecular weight excluding hydrogens is 262 g/mol. The number of aliphatic hydroxyl groups is 1. The average molecular weight is 293 g/mol. The highest BCUT2D eigenvalue weighted by molar-refractivity contribution is 5.30. The molecule has 1 unspecified atom stereocenters. The van der Waals surface area contributed by atoms with Crippen molar-refractivity contribution in [1.82, 2.24) is 4.90 Å². The third kappa shape index (κ3) is 5.01. The van der Waals surface area contributed by atoms with Crippen molar-refractivity contribution < 1.29 is 10.2 Å². The van der Waals surface area contributed by atoms with E-state index in [1.165, 1.54) is 6.42 Å². The molecule has 0 spiro atoms. The molecular formula is C18H31NO2. The lowest BCUT2D eigenvalue weighted by Gasteiger charge is -2.40. The normalized spacial score (nSPS) is 18.8. The van der Waals surface area contributed by atoms with Crippen LogP contribution in [0.4, 0.5) is 0 Å². The predicted octanol–water partition coefficient (Wildman–Crippen LogP) is 3.76. The fourth-order valence-corrected chi connectivity index (χ4v) is 3.17. The molecule has 3 heteroatoms. The maximum Gasteiger partial charge on any atom is 0.115 e. The van der Waals surface area contributed by atoms with E-state index in [-0.39, 0.29) is 11.7 Å². The zero-order valence-corrected chi connectivity index (χ0v) is 14.0. The highest BCUT2D eigenvalue weighted by Crippen LogP contribution is 2.40. The topological polar surface area (TPSA) is 43.7 Å². The van der Waals surface area contributed by atoms with Crippen molar-refractivity contribution >= 4 is 0 Å². The van der Waals surface area contributed by atoms with Gasteiger partial charge in [0.1, 0.15) is 5.75 Å². The number of nitrogens with zero attached hydrogens (tertiary/aromatic N) is 1. The molecule has 0 bridgehead atoms. The second-order valence-electron chi connectivity index (χ2n) is 6.07. The molecule has 1 aliphatic carbocycles. The Kier molecular flexibility index (Phi) is 7.20. The standard InChI is InChI=1S/C16H25NO2.C2H6/c1-17(2)12-15(13-6-8-14(18)9-7-13)16(19)10-4-3-5-11-16;1-2/h6-9,15,18-19H,3-5,10-12H2,1-2H3;1-2H3. The van der Waals surface area contributed by atoms with Crippen LogP contribution in [0.3, 0.4) is 0 Å². The lowest BCUT2D eigenvalue weighted by atomic mass is 9.72. The van der Waals surface area contributed by atoms with Crippen LogP contribution in [-0.4, -0.2) is 41.4 Å². The summed E-state index contributed by atoms with van der Waals surface area (Å²) in [5.74, 6) is 0.395. The Balaban J connectivity index is 0.00000106. The van der Waals surface area contributed by atoms with E-state index < -0.39 is 5.60 Å². The van der Waals surface area contributed by atoms with Crippen LogP contribution in [0.25, 0.3) is 0 Å². The molecule has 2 N–H and O–H groups in total. The summed E-state index contributed by atoms with van der Waals surface area (Å²) in [4.78, 5) is 2.13. The summed E-state index contributed by atoms with van der Waals surface area (Å²) in [6.45, 7) is 4.83. The first-order chi connectivity index (χ1) is 10.0. The number of likely N-dealkylation sites (N-methyl/N-ethyl adjacent to an activating group) is 1. The van der Waals surface area contributed by atoms with Gasteiger partial charge in [0.15, 0.2) is 0 Å². The Bertz CT molecular complexity index is 394. The lowest BCUT2D eigenvalue weighted by molar-refractivity contribution is -0.0277. The third-order valence-corrected chi connectivity index (χ3v) is 4.21. The minimum absolute atomic E-state index is 0.114. The maximum atomic E-state index is 11.0. The Morgan fingerprint density at radius 2 is 1.57 bits per heavy atom. The zero-order chi connectivity index (χ0) is 15.9. The summed E-state index contributed by atoms with van der Waals surface area (Å²) in [6, 6.07) is 7.31. The predicted molar refractivity (Wildman–Crippen MR) is 88.8 cm³/mol. The summed E-state index contributed by atoms with van der Waals surface area (Å²) in [6.07, 6.45) is 5.21. The van der Waals surface area contributed by atoms with Crippen molar-refractivity contribution in [2.45, 2.75) is 57.5 Å². The zero-order valence-electron chi connectivity index (χ0n) is 14.0. The molecule has 120 valence electrons. The molecule has 21 heavy (non-hydrogen) atoms. The molecule has 1 aliphatic rings. The van der Waals surface area contributed by atoms with Gasteiger partial charge in [-0.3, -0.25) is 0 Å². The van der Waals surface area contributed by atoms with Crippen LogP contribution >= 0.6 is 0 Å².